The molecule has 0 fully saturated rings. The molecule has 0 spiro atoms. The van der Waals surface area contributed by atoms with Crippen LogP contribution < -0.4 is 14.8 Å². The molecule has 0 aliphatic heterocycles. The van der Waals surface area contributed by atoms with Crippen molar-refractivity contribution in [2.75, 3.05) is 26.2 Å². The summed E-state index contributed by atoms with van der Waals surface area (Å²) in [6.07, 6.45) is 1.28. The van der Waals surface area contributed by atoms with E-state index in [4.69, 9.17) is 9.47 Å². The molecule has 0 heterocycles. The zero-order chi connectivity index (χ0) is 20.6. The van der Waals surface area contributed by atoms with Crippen molar-refractivity contribution in [1.82, 2.24) is 10.2 Å². The Hall–Kier alpha value is -2.09. The molecule has 2 N–H and O–H groups in total. The van der Waals surface area contributed by atoms with E-state index in [9.17, 15) is 14.7 Å². The molecule has 1 aromatic rings. The predicted molar refractivity (Wildman–Crippen MR) is 108 cm³/mol. The third-order valence-electron chi connectivity index (χ3n) is 4.05. The van der Waals surface area contributed by atoms with Crippen molar-refractivity contribution >= 4 is 23.8 Å². The van der Waals surface area contributed by atoms with Gasteiger partial charge in [0.2, 0.25) is 5.91 Å². The molecular weight excluding hydrogens is 368 g/mol. The predicted octanol–water partition coefficient (Wildman–Crippen LogP) is 3.22. The summed E-state index contributed by atoms with van der Waals surface area (Å²) in [5.41, 5.74) is 0.150. The monoisotopic (exact) mass is 398 g/mol. The van der Waals surface area contributed by atoms with E-state index in [1.54, 1.807) is 58.9 Å². The van der Waals surface area contributed by atoms with Crippen LogP contribution >= 0.6 is 11.8 Å². The zero-order valence-electron chi connectivity index (χ0n) is 16.9. The average Bonchev–Trinajstić information content (AvgIpc) is 2.61. The van der Waals surface area contributed by atoms with Gasteiger partial charge in [-0.2, -0.15) is 11.8 Å². The van der Waals surface area contributed by atoms with Gasteiger partial charge in [0, 0.05) is 12.1 Å². The lowest BCUT2D eigenvalue weighted by Gasteiger charge is -2.38. The van der Waals surface area contributed by atoms with Crippen LogP contribution in [0.3, 0.4) is 0 Å². The average molecular weight is 399 g/mol. The summed E-state index contributed by atoms with van der Waals surface area (Å²) in [5, 5.41) is 12.5. The molecule has 8 heteroatoms. The topological polar surface area (TPSA) is 88.1 Å². The molecule has 1 aromatic carbocycles. The Morgan fingerprint density at radius 2 is 1.85 bits per heavy atom. The van der Waals surface area contributed by atoms with Crippen LogP contribution in [0, 0.1) is 0 Å². The minimum absolute atomic E-state index is 0.270. The molecular formula is C19H30N2O5S. The minimum Gasteiger partial charge on any atom is -0.493 e. The van der Waals surface area contributed by atoms with Gasteiger partial charge in [-0.15, -0.1) is 0 Å². The van der Waals surface area contributed by atoms with Crippen LogP contribution in [0.25, 0.3) is 0 Å². The maximum absolute atomic E-state index is 12.8. The van der Waals surface area contributed by atoms with Gasteiger partial charge in [-0.25, -0.2) is 4.79 Å². The highest BCUT2D eigenvalue weighted by Crippen LogP contribution is 2.27. The van der Waals surface area contributed by atoms with Crippen molar-refractivity contribution in [3.63, 3.8) is 0 Å². The number of carboxylic acid groups (broad SMARTS) is 1. The van der Waals surface area contributed by atoms with Crippen molar-refractivity contribution in [2.24, 2.45) is 0 Å². The second-order valence-electron chi connectivity index (χ2n) is 7.03. The fourth-order valence-corrected chi connectivity index (χ4v) is 3.25. The highest BCUT2D eigenvalue weighted by molar-refractivity contribution is 7.98. The number of nitrogens with one attached hydrogen (secondary N) is 1. The molecule has 1 rings (SSSR count). The first-order valence-corrected chi connectivity index (χ1v) is 10.0. The van der Waals surface area contributed by atoms with Gasteiger partial charge in [0.1, 0.15) is 6.04 Å². The van der Waals surface area contributed by atoms with Gasteiger partial charge in [0.25, 0.3) is 0 Å². The lowest BCUT2D eigenvalue weighted by Crippen LogP contribution is -2.56. The minimum atomic E-state index is -1.10. The van der Waals surface area contributed by atoms with Crippen molar-refractivity contribution in [2.45, 2.75) is 45.3 Å². The smallest absolute Gasteiger partial charge is 0.408 e. The standard InChI is InChI=1S/C19H30N2O5S/c1-19(2,3)21(18(23)24)14(9-10-27-6)17(22)20-12-13-7-8-15(25-4)16(11-13)26-5/h7-8,11,14H,9-10,12H2,1-6H3,(H,20,22)(H,23,24). The Kier molecular flexibility index (Phi) is 8.75. The SMILES string of the molecule is COc1ccc(CNC(=O)C(CCSC)N(C(=O)O)C(C)(C)C)cc1OC. The molecule has 0 saturated carbocycles. The summed E-state index contributed by atoms with van der Waals surface area (Å²) in [6, 6.07) is 4.63. The molecule has 0 aliphatic rings. The van der Waals surface area contributed by atoms with E-state index in [1.807, 2.05) is 12.3 Å². The number of carbonyl (C=O) groups is 2. The summed E-state index contributed by atoms with van der Waals surface area (Å²) in [4.78, 5) is 25.8. The Morgan fingerprint density at radius 1 is 1.22 bits per heavy atom. The van der Waals surface area contributed by atoms with Gasteiger partial charge in [-0.1, -0.05) is 6.07 Å². The summed E-state index contributed by atoms with van der Waals surface area (Å²) in [5.74, 6) is 1.56. The van der Waals surface area contributed by atoms with E-state index in [0.29, 0.717) is 23.7 Å². The fraction of sp³-hybridized carbons (Fsp3) is 0.579. The van der Waals surface area contributed by atoms with Gasteiger partial charge >= 0.3 is 6.09 Å². The molecule has 0 radical (unpaired) electrons. The van der Waals surface area contributed by atoms with Gasteiger partial charge in [0.15, 0.2) is 11.5 Å². The number of methoxy groups -OCH3 is 2. The Labute approximate surface area is 165 Å². The first-order chi connectivity index (χ1) is 12.6. The molecule has 1 unspecified atom stereocenters. The molecule has 0 bridgehead atoms. The van der Waals surface area contributed by atoms with E-state index in [0.717, 1.165) is 5.56 Å². The molecule has 152 valence electrons. The maximum Gasteiger partial charge on any atom is 0.408 e. The lowest BCUT2D eigenvalue weighted by atomic mass is 10.0. The van der Waals surface area contributed by atoms with Crippen molar-refractivity contribution < 1.29 is 24.2 Å². The van der Waals surface area contributed by atoms with E-state index >= 15 is 0 Å². The molecule has 7 nitrogen and oxygen atoms in total. The third kappa shape index (κ3) is 6.53. The molecule has 2 amide bonds. The second kappa shape index (κ2) is 10.3. The van der Waals surface area contributed by atoms with Crippen LogP contribution in [0.2, 0.25) is 0 Å². The Balaban J connectivity index is 2.95. The van der Waals surface area contributed by atoms with Gasteiger partial charge < -0.3 is 19.9 Å². The number of ether oxygens (including phenoxy) is 2. The summed E-state index contributed by atoms with van der Waals surface area (Å²) >= 11 is 1.58. The largest absolute Gasteiger partial charge is 0.493 e. The van der Waals surface area contributed by atoms with Crippen molar-refractivity contribution in [1.29, 1.82) is 0 Å². The lowest BCUT2D eigenvalue weighted by molar-refractivity contribution is -0.127. The van der Waals surface area contributed by atoms with Gasteiger partial charge in [0.05, 0.1) is 14.2 Å². The van der Waals surface area contributed by atoms with Gasteiger partial charge in [-0.05, 0) is 56.9 Å². The number of nitrogens with zero attached hydrogens (tertiary/aromatic N) is 1. The molecule has 1 atom stereocenters. The Bertz CT molecular complexity index is 645. The van der Waals surface area contributed by atoms with Crippen LogP contribution in [0.15, 0.2) is 18.2 Å². The first kappa shape index (κ1) is 23.0. The summed E-state index contributed by atoms with van der Waals surface area (Å²) in [7, 11) is 3.11. The number of thioether (sulfide) groups is 1. The normalized spacial score (nSPS) is 12.2. The van der Waals surface area contributed by atoms with Crippen LogP contribution in [-0.4, -0.2) is 59.8 Å². The molecule has 0 aliphatic carbocycles. The molecule has 0 aromatic heterocycles. The highest BCUT2D eigenvalue weighted by atomic mass is 32.2. The Morgan fingerprint density at radius 3 is 2.33 bits per heavy atom. The van der Waals surface area contributed by atoms with Crippen LogP contribution in [0.4, 0.5) is 4.79 Å². The van der Waals surface area contributed by atoms with E-state index < -0.39 is 17.7 Å². The number of hydrogen-bond donors (Lipinski definition) is 2. The van der Waals surface area contributed by atoms with Crippen molar-refractivity contribution in [3.8, 4) is 11.5 Å². The molecule has 27 heavy (non-hydrogen) atoms. The highest BCUT2D eigenvalue weighted by Gasteiger charge is 2.37. The van der Waals surface area contributed by atoms with Crippen molar-refractivity contribution in [3.05, 3.63) is 23.8 Å². The van der Waals surface area contributed by atoms with Crippen LogP contribution in [0.1, 0.15) is 32.8 Å². The number of amides is 2. The van der Waals surface area contributed by atoms with E-state index in [2.05, 4.69) is 5.32 Å². The first-order valence-electron chi connectivity index (χ1n) is 8.65. The summed E-state index contributed by atoms with van der Waals surface area (Å²) < 4.78 is 10.5. The number of hydrogen-bond acceptors (Lipinski definition) is 5. The van der Waals surface area contributed by atoms with Gasteiger partial charge in [-0.3, -0.25) is 9.69 Å². The quantitative estimate of drug-likeness (QED) is 0.664. The fourth-order valence-electron chi connectivity index (χ4n) is 2.79. The number of benzene rings is 1. The second-order valence-corrected chi connectivity index (χ2v) is 8.01. The van der Waals surface area contributed by atoms with E-state index in [1.165, 1.54) is 4.90 Å². The summed E-state index contributed by atoms with van der Waals surface area (Å²) in [6.45, 7) is 5.63. The van der Waals surface area contributed by atoms with Crippen LogP contribution in [-0.2, 0) is 11.3 Å². The van der Waals surface area contributed by atoms with E-state index in [-0.39, 0.29) is 12.5 Å². The maximum atomic E-state index is 12.8. The number of carbonyl (C=O) groups excluding carboxylic acids is 1. The molecule has 0 saturated heterocycles. The zero-order valence-corrected chi connectivity index (χ0v) is 17.7. The van der Waals surface area contributed by atoms with Crippen LogP contribution in [0.5, 0.6) is 11.5 Å². The third-order valence-corrected chi connectivity index (χ3v) is 4.70. The number of rotatable bonds is 9.